The largest absolute Gasteiger partial charge is 0.336 e. The van der Waals surface area contributed by atoms with E-state index in [1.54, 1.807) is 6.92 Å². The molecule has 1 aliphatic heterocycles. The maximum absolute atomic E-state index is 14.6. The summed E-state index contributed by atoms with van der Waals surface area (Å²) < 4.78 is 41.5. The first-order valence-corrected chi connectivity index (χ1v) is 12.7. The van der Waals surface area contributed by atoms with Crippen molar-refractivity contribution in [3.8, 4) is 0 Å². The van der Waals surface area contributed by atoms with Gasteiger partial charge in [-0.25, -0.2) is 17.6 Å². The van der Waals surface area contributed by atoms with Crippen molar-refractivity contribution in [3.05, 3.63) is 67.2 Å². The van der Waals surface area contributed by atoms with Crippen LogP contribution in [0.2, 0.25) is 0 Å². The Kier molecular flexibility index (Phi) is 6.53. The van der Waals surface area contributed by atoms with E-state index >= 15 is 0 Å². The number of H-pyrrole nitrogens is 1. The molecule has 1 saturated heterocycles. The van der Waals surface area contributed by atoms with Crippen molar-refractivity contribution in [2.75, 3.05) is 31.9 Å². The molecule has 0 radical (unpaired) electrons. The summed E-state index contributed by atoms with van der Waals surface area (Å²) in [5.41, 5.74) is 0.871. The van der Waals surface area contributed by atoms with Crippen molar-refractivity contribution in [3.63, 3.8) is 0 Å². The van der Waals surface area contributed by atoms with E-state index in [1.165, 1.54) is 32.0 Å². The van der Waals surface area contributed by atoms with E-state index < -0.39 is 27.4 Å². The summed E-state index contributed by atoms with van der Waals surface area (Å²) in [6, 6.07) is 4.15. The van der Waals surface area contributed by atoms with Crippen molar-refractivity contribution >= 4 is 15.9 Å². The van der Waals surface area contributed by atoms with Crippen LogP contribution in [0, 0.1) is 5.82 Å². The van der Waals surface area contributed by atoms with Crippen molar-refractivity contribution in [1.82, 2.24) is 18.8 Å². The number of carbonyl (C=O) groups is 1. The van der Waals surface area contributed by atoms with Gasteiger partial charge in [0.2, 0.25) is 10.0 Å². The maximum atomic E-state index is 14.6. The van der Waals surface area contributed by atoms with Crippen LogP contribution in [-0.4, -0.2) is 65.0 Å². The van der Waals surface area contributed by atoms with Gasteiger partial charge in [0.15, 0.2) is 0 Å². The van der Waals surface area contributed by atoms with Crippen molar-refractivity contribution in [2.24, 2.45) is 0 Å². The van der Waals surface area contributed by atoms with Crippen molar-refractivity contribution < 1.29 is 17.6 Å². The molecule has 2 aromatic rings. The van der Waals surface area contributed by atoms with Crippen LogP contribution >= 0.6 is 0 Å². The molecule has 1 N–H and O–H groups in total. The molecular weight excluding hydrogens is 451 g/mol. The first kappa shape index (κ1) is 23.4. The summed E-state index contributed by atoms with van der Waals surface area (Å²) in [6.07, 6.45) is 2.99. The lowest BCUT2D eigenvalue weighted by atomic mass is 9.96. The molecule has 1 amide bonds. The third-order valence-corrected chi connectivity index (χ3v) is 8.27. The Morgan fingerprint density at radius 1 is 1.09 bits per heavy atom. The number of nitrogens with one attached hydrogen (secondary N) is 1. The molecule has 1 aromatic heterocycles. The van der Waals surface area contributed by atoms with Crippen LogP contribution < -0.4 is 11.2 Å². The Bertz CT molecular complexity index is 1290. The minimum absolute atomic E-state index is 0.00849. The van der Waals surface area contributed by atoms with Gasteiger partial charge in [-0.3, -0.25) is 19.1 Å². The van der Waals surface area contributed by atoms with E-state index in [0.29, 0.717) is 29.7 Å². The molecule has 0 bridgehead atoms. The van der Waals surface area contributed by atoms with Crippen LogP contribution in [0.3, 0.4) is 0 Å². The molecule has 0 spiro atoms. The predicted octanol–water partition coefficient (Wildman–Crippen LogP) is 0.710. The van der Waals surface area contributed by atoms with E-state index in [-0.39, 0.29) is 49.6 Å². The van der Waals surface area contributed by atoms with Crippen LogP contribution in [0.15, 0.2) is 27.8 Å². The van der Waals surface area contributed by atoms with Gasteiger partial charge in [-0.05, 0) is 50.3 Å². The summed E-state index contributed by atoms with van der Waals surface area (Å²) in [6.45, 7) is 2.37. The molecule has 2 aliphatic rings. The molecule has 11 heteroatoms. The molecule has 178 valence electrons. The van der Waals surface area contributed by atoms with Gasteiger partial charge in [0.05, 0.1) is 17.9 Å². The molecule has 1 aromatic carbocycles. The number of aromatic nitrogens is 2. The van der Waals surface area contributed by atoms with Crippen LogP contribution in [-0.2, 0) is 29.4 Å². The second-order valence-electron chi connectivity index (χ2n) is 8.38. The Labute approximate surface area is 190 Å². The summed E-state index contributed by atoms with van der Waals surface area (Å²) in [4.78, 5) is 41.4. The van der Waals surface area contributed by atoms with E-state index in [1.807, 2.05) is 0 Å². The lowest BCUT2D eigenvalue weighted by Gasteiger charge is -2.34. The van der Waals surface area contributed by atoms with E-state index in [4.69, 9.17) is 0 Å². The summed E-state index contributed by atoms with van der Waals surface area (Å²) in [7, 11) is -3.34. The van der Waals surface area contributed by atoms with Gasteiger partial charge in [-0.1, -0.05) is 6.07 Å². The van der Waals surface area contributed by atoms with E-state index in [0.717, 1.165) is 12.8 Å². The molecule has 1 aliphatic carbocycles. The molecule has 9 nitrogen and oxygen atoms in total. The number of amides is 1. The number of nitrogens with zero attached hydrogens (tertiary/aromatic N) is 3. The first-order valence-electron chi connectivity index (χ1n) is 11.1. The van der Waals surface area contributed by atoms with Crippen LogP contribution in [0.4, 0.5) is 4.39 Å². The highest BCUT2D eigenvalue weighted by molar-refractivity contribution is 7.89. The highest BCUT2D eigenvalue weighted by atomic mass is 32.2. The van der Waals surface area contributed by atoms with Gasteiger partial charge in [0.25, 0.3) is 11.5 Å². The molecule has 0 saturated carbocycles. The van der Waals surface area contributed by atoms with Crippen molar-refractivity contribution in [2.45, 2.75) is 39.2 Å². The third kappa shape index (κ3) is 4.65. The zero-order valence-corrected chi connectivity index (χ0v) is 19.3. The summed E-state index contributed by atoms with van der Waals surface area (Å²) >= 11 is 0. The van der Waals surface area contributed by atoms with Crippen LogP contribution in [0.5, 0.6) is 0 Å². The number of hydrogen-bond acceptors (Lipinski definition) is 5. The normalized spacial score (nSPS) is 17.1. The summed E-state index contributed by atoms with van der Waals surface area (Å²) in [5.74, 6) is -1.20. The monoisotopic (exact) mass is 478 g/mol. The van der Waals surface area contributed by atoms with Gasteiger partial charge < -0.3 is 4.90 Å². The SMILES string of the molecule is CCS(=O)(=O)N1CCN(C(=O)c2cc(Cn3c4c(c(=O)[nH]c3=O)CCCC4)ccc2F)CC1. The maximum Gasteiger partial charge on any atom is 0.328 e. The number of rotatable bonds is 5. The fraction of sp³-hybridized carbons (Fsp3) is 0.500. The number of halogens is 1. The van der Waals surface area contributed by atoms with Crippen LogP contribution in [0.1, 0.15) is 46.9 Å². The number of aromatic amines is 1. The second kappa shape index (κ2) is 9.22. The fourth-order valence-electron chi connectivity index (χ4n) is 4.50. The third-order valence-electron chi connectivity index (χ3n) is 6.39. The summed E-state index contributed by atoms with van der Waals surface area (Å²) in [5, 5.41) is 0. The molecule has 33 heavy (non-hydrogen) atoms. The van der Waals surface area contributed by atoms with Gasteiger partial charge >= 0.3 is 5.69 Å². The predicted molar refractivity (Wildman–Crippen MR) is 120 cm³/mol. The minimum Gasteiger partial charge on any atom is -0.336 e. The number of fused-ring (bicyclic) bond motifs is 1. The number of benzene rings is 1. The number of sulfonamides is 1. The standard InChI is InChI=1S/C22H27FN4O5S/c1-2-33(31,32)26-11-9-25(10-12-26)21(29)17-13-15(7-8-18(17)23)14-27-19-6-4-3-5-16(19)20(28)24-22(27)30/h7-8,13H,2-6,9-12,14H2,1H3,(H,24,28,30). The first-order chi connectivity index (χ1) is 15.7. The van der Waals surface area contributed by atoms with Gasteiger partial charge in [0, 0.05) is 37.4 Å². The number of hydrogen-bond donors (Lipinski definition) is 1. The Balaban J connectivity index is 1.57. The quantitative estimate of drug-likeness (QED) is 0.680. The Hall–Kier alpha value is -2.79. The van der Waals surface area contributed by atoms with Crippen LogP contribution in [0.25, 0.3) is 0 Å². The lowest BCUT2D eigenvalue weighted by molar-refractivity contribution is 0.0693. The van der Waals surface area contributed by atoms with Crippen molar-refractivity contribution in [1.29, 1.82) is 0 Å². The topological polar surface area (TPSA) is 113 Å². The van der Waals surface area contributed by atoms with E-state index in [9.17, 15) is 27.2 Å². The molecule has 1 fully saturated rings. The smallest absolute Gasteiger partial charge is 0.328 e. The fourth-order valence-corrected chi connectivity index (χ4v) is 5.59. The molecule has 4 rings (SSSR count). The molecule has 0 unspecified atom stereocenters. The number of carbonyl (C=O) groups excluding carboxylic acids is 1. The van der Waals surface area contributed by atoms with E-state index in [2.05, 4.69) is 4.98 Å². The Morgan fingerprint density at radius 2 is 1.79 bits per heavy atom. The number of piperazine rings is 1. The van der Waals surface area contributed by atoms with Gasteiger partial charge in [-0.15, -0.1) is 0 Å². The minimum atomic E-state index is -3.34. The Morgan fingerprint density at radius 3 is 2.48 bits per heavy atom. The highest BCUT2D eigenvalue weighted by Gasteiger charge is 2.29. The molecule has 2 heterocycles. The second-order valence-corrected chi connectivity index (χ2v) is 10.6. The lowest BCUT2D eigenvalue weighted by Crippen LogP contribution is -2.51. The highest BCUT2D eigenvalue weighted by Crippen LogP contribution is 2.20. The zero-order valence-electron chi connectivity index (χ0n) is 18.5. The zero-order chi connectivity index (χ0) is 23.8. The average molecular weight is 479 g/mol. The van der Waals surface area contributed by atoms with Gasteiger partial charge in [0.1, 0.15) is 5.82 Å². The molecule has 0 atom stereocenters. The van der Waals surface area contributed by atoms with Gasteiger partial charge in [-0.2, -0.15) is 4.31 Å². The molecular formula is C22H27FN4O5S. The average Bonchev–Trinajstić information content (AvgIpc) is 2.82.